The van der Waals surface area contributed by atoms with Crippen LogP contribution in [0.15, 0.2) is 30.3 Å². The van der Waals surface area contributed by atoms with Crippen molar-refractivity contribution in [3.05, 3.63) is 45.9 Å². The summed E-state index contributed by atoms with van der Waals surface area (Å²) in [5.41, 5.74) is 0.704. The number of nitrogens with zero attached hydrogens (tertiary/aromatic N) is 3. The smallest absolute Gasteiger partial charge is 0.285 e. The average molecular weight is 343 g/mol. The first-order valence-electron chi connectivity index (χ1n) is 8.29. The van der Waals surface area contributed by atoms with Crippen LogP contribution in [0.1, 0.15) is 64.2 Å². The summed E-state index contributed by atoms with van der Waals surface area (Å²) in [5.74, 6) is 0.251. The lowest BCUT2D eigenvalue weighted by molar-refractivity contribution is 0.0716. The number of likely N-dealkylation sites (tertiary alicyclic amines) is 1. The second-order valence-corrected chi connectivity index (χ2v) is 7.40. The summed E-state index contributed by atoms with van der Waals surface area (Å²) in [6, 6.07) is 9.21. The van der Waals surface area contributed by atoms with Crippen molar-refractivity contribution in [2.75, 3.05) is 6.54 Å². The Labute approximate surface area is 145 Å². The maximum atomic E-state index is 12.7. The SMILES string of the molecule is CC(C)c1nnc(C(=O)N2CCCC2CC(=O)c2ccccc2)s1. The van der Waals surface area contributed by atoms with Crippen LogP contribution in [0.2, 0.25) is 0 Å². The van der Waals surface area contributed by atoms with Gasteiger partial charge in [0.15, 0.2) is 5.78 Å². The van der Waals surface area contributed by atoms with Crippen molar-refractivity contribution in [2.24, 2.45) is 0 Å². The van der Waals surface area contributed by atoms with Gasteiger partial charge in [0.1, 0.15) is 5.01 Å². The van der Waals surface area contributed by atoms with Crippen LogP contribution in [0.4, 0.5) is 0 Å². The van der Waals surface area contributed by atoms with Crippen molar-refractivity contribution < 1.29 is 9.59 Å². The first-order chi connectivity index (χ1) is 11.6. The first kappa shape index (κ1) is 16.8. The second kappa shape index (κ2) is 7.21. The molecule has 0 N–H and O–H groups in total. The Morgan fingerprint density at radius 2 is 2.00 bits per heavy atom. The highest BCUT2D eigenvalue weighted by molar-refractivity contribution is 7.13. The summed E-state index contributed by atoms with van der Waals surface area (Å²) in [7, 11) is 0. The molecule has 1 unspecified atom stereocenters. The standard InChI is InChI=1S/C18H21N3O2S/c1-12(2)16-19-20-17(24-16)18(23)21-10-6-9-14(21)11-15(22)13-7-4-3-5-8-13/h3-5,7-8,12,14H,6,9-11H2,1-2H3. The summed E-state index contributed by atoms with van der Waals surface area (Å²) < 4.78 is 0. The normalized spacial score (nSPS) is 17.5. The predicted octanol–water partition coefficient (Wildman–Crippen LogP) is 3.54. The molecule has 0 saturated carbocycles. The summed E-state index contributed by atoms with van der Waals surface area (Å²) in [6.07, 6.45) is 2.15. The molecule has 6 heteroatoms. The van der Waals surface area contributed by atoms with Crippen molar-refractivity contribution in [1.29, 1.82) is 0 Å². The van der Waals surface area contributed by atoms with Crippen molar-refractivity contribution in [3.8, 4) is 0 Å². The van der Waals surface area contributed by atoms with Crippen LogP contribution in [-0.2, 0) is 0 Å². The van der Waals surface area contributed by atoms with E-state index in [2.05, 4.69) is 10.2 Å². The van der Waals surface area contributed by atoms with Gasteiger partial charge >= 0.3 is 0 Å². The summed E-state index contributed by atoms with van der Waals surface area (Å²) >= 11 is 1.35. The van der Waals surface area contributed by atoms with E-state index in [-0.39, 0.29) is 23.7 Å². The van der Waals surface area contributed by atoms with Gasteiger partial charge in [-0.25, -0.2) is 0 Å². The minimum Gasteiger partial charge on any atom is -0.333 e. The van der Waals surface area contributed by atoms with Crippen LogP contribution in [0.5, 0.6) is 0 Å². The van der Waals surface area contributed by atoms with Crippen molar-refractivity contribution >= 4 is 23.0 Å². The Kier molecular flexibility index (Phi) is 5.04. The van der Waals surface area contributed by atoms with Crippen LogP contribution in [0.25, 0.3) is 0 Å². The third kappa shape index (κ3) is 3.53. The third-order valence-corrected chi connectivity index (χ3v) is 5.48. The fourth-order valence-electron chi connectivity index (χ4n) is 2.95. The van der Waals surface area contributed by atoms with Crippen LogP contribution in [0, 0.1) is 0 Å². The third-order valence-electron chi connectivity index (χ3n) is 4.27. The van der Waals surface area contributed by atoms with E-state index < -0.39 is 0 Å². The Morgan fingerprint density at radius 3 is 2.67 bits per heavy atom. The molecule has 1 aromatic carbocycles. The molecular formula is C18H21N3O2S. The molecular weight excluding hydrogens is 322 g/mol. The fourth-order valence-corrected chi connectivity index (χ4v) is 3.75. The van der Waals surface area contributed by atoms with E-state index >= 15 is 0 Å². The highest BCUT2D eigenvalue weighted by Gasteiger charge is 2.33. The van der Waals surface area contributed by atoms with Gasteiger partial charge in [-0.15, -0.1) is 10.2 Å². The molecule has 126 valence electrons. The minimum atomic E-state index is -0.0947. The molecule has 0 spiro atoms. The summed E-state index contributed by atoms with van der Waals surface area (Å²) in [4.78, 5) is 27.0. The van der Waals surface area contributed by atoms with Crippen LogP contribution in [-0.4, -0.2) is 39.4 Å². The number of Topliss-reactive ketones (excluding diaryl/α,β-unsaturated/α-hetero) is 1. The van der Waals surface area contributed by atoms with E-state index in [0.717, 1.165) is 17.8 Å². The number of carbonyl (C=O) groups excluding carboxylic acids is 2. The zero-order chi connectivity index (χ0) is 17.1. The van der Waals surface area contributed by atoms with Gasteiger partial charge in [0.25, 0.3) is 5.91 Å². The van der Waals surface area contributed by atoms with Crippen LogP contribution >= 0.6 is 11.3 Å². The molecule has 1 aliphatic heterocycles. The largest absolute Gasteiger partial charge is 0.333 e. The predicted molar refractivity (Wildman–Crippen MR) is 93.4 cm³/mol. The van der Waals surface area contributed by atoms with Crippen molar-refractivity contribution in [2.45, 2.75) is 45.1 Å². The Balaban J connectivity index is 1.70. The van der Waals surface area contributed by atoms with E-state index in [4.69, 9.17) is 0 Å². The molecule has 2 heterocycles. The maximum absolute atomic E-state index is 12.7. The summed E-state index contributed by atoms with van der Waals surface area (Å²) in [6.45, 7) is 4.75. The molecule has 1 aliphatic rings. The number of ketones is 1. The number of amides is 1. The molecule has 0 bridgehead atoms. The molecule has 1 atom stereocenters. The van der Waals surface area contributed by atoms with Gasteiger partial charge in [-0.2, -0.15) is 0 Å². The maximum Gasteiger partial charge on any atom is 0.285 e. The number of benzene rings is 1. The van der Waals surface area contributed by atoms with E-state index in [1.54, 1.807) is 4.90 Å². The van der Waals surface area contributed by atoms with Gasteiger partial charge in [0, 0.05) is 30.5 Å². The molecule has 0 radical (unpaired) electrons. The van der Waals surface area contributed by atoms with E-state index in [9.17, 15) is 9.59 Å². The van der Waals surface area contributed by atoms with Gasteiger partial charge in [-0.05, 0) is 12.8 Å². The van der Waals surface area contributed by atoms with Gasteiger partial charge in [-0.3, -0.25) is 9.59 Å². The Bertz CT molecular complexity index is 727. The quantitative estimate of drug-likeness (QED) is 0.779. The average Bonchev–Trinajstić information content (AvgIpc) is 3.24. The Morgan fingerprint density at radius 1 is 1.25 bits per heavy atom. The molecule has 3 rings (SSSR count). The van der Waals surface area contributed by atoms with Crippen LogP contribution in [0.3, 0.4) is 0 Å². The van der Waals surface area contributed by atoms with Gasteiger partial charge in [-0.1, -0.05) is 55.5 Å². The Hall–Kier alpha value is -2.08. The molecule has 1 aromatic heterocycles. The molecule has 2 aromatic rings. The number of aromatic nitrogens is 2. The zero-order valence-corrected chi connectivity index (χ0v) is 14.8. The lowest BCUT2D eigenvalue weighted by Gasteiger charge is -2.23. The first-order valence-corrected chi connectivity index (χ1v) is 9.10. The van der Waals surface area contributed by atoms with Crippen molar-refractivity contribution in [1.82, 2.24) is 15.1 Å². The van der Waals surface area contributed by atoms with E-state index in [0.29, 0.717) is 23.5 Å². The molecule has 1 amide bonds. The molecule has 1 saturated heterocycles. The highest BCUT2D eigenvalue weighted by atomic mass is 32.1. The van der Waals surface area contributed by atoms with E-state index in [1.165, 1.54) is 11.3 Å². The monoisotopic (exact) mass is 343 g/mol. The fraction of sp³-hybridized carbons (Fsp3) is 0.444. The highest BCUT2D eigenvalue weighted by Crippen LogP contribution is 2.26. The van der Waals surface area contributed by atoms with Gasteiger partial charge in [0.2, 0.25) is 5.01 Å². The topological polar surface area (TPSA) is 63.2 Å². The van der Waals surface area contributed by atoms with Crippen LogP contribution < -0.4 is 0 Å². The van der Waals surface area contributed by atoms with Gasteiger partial charge in [0.05, 0.1) is 0 Å². The number of carbonyl (C=O) groups is 2. The molecule has 24 heavy (non-hydrogen) atoms. The van der Waals surface area contributed by atoms with Crippen molar-refractivity contribution in [3.63, 3.8) is 0 Å². The lowest BCUT2D eigenvalue weighted by Crippen LogP contribution is -2.36. The summed E-state index contributed by atoms with van der Waals surface area (Å²) in [5, 5.41) is 9.44. The molecule has 0 aliphatic carbocycles. The molecule has 1 fully saturated rings. The zero-order valence-electron chi connectivity index (χ0n) is 13.9. The number of rotatable bonds is 5. The van der Waals surface area contributed by atoms with E-state index in [1.807, 2.05) is 44.2 Å². The number of hydrogen-bond acceptors (Lipinski definition) is 5. The number of hydrogen-bond donors (Lipinski definition) is 0. The second-order valence-electron chi connectivity index (χ2n) is 6.39. The molecule has 5 nitrogen and oxygen atoms in total. The minimum absolute atomic E-state index is 0.0448. The van der Waals surface area contributed by atoms with Gasteiger partial charge < -0.3 is 4.90 Å². The lowest BCUT2D eigenvalue weighted by atomic mass is 10.0.